The fourth-order valence-electron chi connectivity index (χ4n) is 1.24. The number of rotatable bonds is 1. The predicted octanol–water partition coefficient (Wildman–Crippen LogP) is 2.14. The minimum atomic E-state index is -0.789. The summed E-state index contributed by atoms with van der Waals surface area (Å²) in [5.41, 5.74) is 1.01. The lowest BCUT2D eigenvalue weighted by Crippen LogP contribution is -1.94. The van der Waals surface area contributed by atoms with Crippen molar-refractivity contribution < 1.29 is 4.79 Å². The van der Waals surface area contributed by atoms with Crippen molar-refractivity contribution in [3.63, 3.8) is 0 Å². The van der Waals surface area contributed by atoms with E-state index >= 15 is 0 Å². The molecule has 0 aliphatic carbocycles. The predicted molar refractivity (Wildman–Crippen MR) is 51.9 cm³/mol. The second kappa shape index (κ2) is 3.33. The van der Waals surface area contributed by atoms with Gasteiger partial charge in [0.2, 0.25) is 0 Å². The molecule has 1 heterocycles. The molecular formula is C10H6N2O2. The number of hydrogen-bond donors (Lipinski definition) is 0. The molecule has 1 aromatic carbocycles. The molecule has 2 rings (SSSR count). The molecule has 0 atom stereocenters. The van der Waals surface area contributed by atoms with E-state index in [-0.39, 0.29) is 5.56 Å². The smallest absolute Gasteiger partial charge is 0.263 e. The number of hydrogen-bond acceptors (Lipinski definition) is 3. The molecule has 0 aliphatic rings. The zero-order valence-corrected chi connectivity index (χ0v) is 7.18. The molecule has 14 heavy (non-hydrogen) atoms. The van der Waals surface area contributed by atoms with Crippen molar-refractivity contribution >= 4 is 16.8 Å². The van der Waals surface area contributed by atoms with Crippen LogP contribution in [0.15, 0.2) is 41.7 Å². The van der Waals surface area contributed by atoms with Gasteiger partial charge in [-0.2, -0.15) is 0 Å². The normalized spacial score (nSPS) is 10.0. The van der Waals surface area contributed by atoms with Gasteiger partial charge in [-0.3, -0.25) is 9.78 Å². The highest BCUT2D eigenvalue weighted by atomic mass is 16.3. The maximum absolute atomic E-state index is 10.9. The first-order valence-electron chi connectivity index (χ1n) is 4.04. The molecule has 0 aliphatic heterocycles. The Labute approximate surface area is 79.6 Å². The largest absolute Gasteiger partial charge is 0.318 e. The Morgan fingerprint density at radius 3 is 2.86 bits per heavy atom. The van der Waals surface area contributed by atoms with Crippen LogP contribution in [0.1, 0.15) is 10.4 Å². The summed E-state index contributed by atoms with van der Waals surface area (Å²) in [7, 11) is 0. The highest BCUT2D eigenvalue weighted by Gasteiger charge is 2.06. The second-order valence-electron chi connectivity index (χ2n) is 2.81. The number of fused-ring (bicyclic) bond motifs is 1. The molecule has 0 radical (unpaired) electrons. The fourth-order valence-corrected chi connectivity index (χ4v) is 1.24. The van der Waals surface area contributed by atoms with E-state index in [2.05, 4.69) is 10.2 Å². The fraction of sp³-hybridized carbons (Fsp3) is 0. The number of carbonyl (C=O) groups excluding carboxylic acids is 1. The van der Waals surface area contributed by atoms with E-state index in [1.807, 2.05) is 24.3 Å². The third-order valence-electron chi connectivity index (χ3n) is 1.92. The average molecular weight is 186 g/mol. The van der Waals surface area contributed by atoms with Crippen LogP contribution in [-0.4, -0.2) is 10.9 Å². The van der Waals surface area contributed by atoms with Gasteiger partial charge in [0.15, 0.2) is 0 Å². The van der Waals surface area contributed by atoms with Crippen molar-refractivity contribution in [1.82, 2.24) is 4.98 Å². The van der Waals surface area contributed by atoms with Crippen molar-refractivity contribution in [1.29, 1.82) is 0 Å². The zero-order valence-electron chi connectivity index (χ0n) is 7.18. The van der Waals surface area contributed by atoms with E-state index in [4.69, 9.17) is 0 Å². The molecule has 4 nitrogen and oxygen atoms in total. The molecule has 4 heteroatoms. The SMILES string of the molecule is O=NC(=O)c1cnc2ccccc2c1. The van der Waals surface area contributed by atoms with Gasteiger partial charge in [0.1, 0.15) is 0 Å². The summed E-state index contributed by atoms with van der Waals surface area (Å²) in [5, 5.41) is 3.16. The molecular weight excluding hydrogens is 180 g/mol. The highest BCUT2D eigenvalue weighted by molar-refractivity contribution is 5.97. The Hall–Kier alpha value is -2.10. The summed E-state index contributed by atoms with van der Waals surface area (Å²) in [4.78, 5) is 25.0. The van der Waals surface area contributed by atoms with Crippen LogP contribution in [0.25, 0.3) is 10.9 Å². The van der Waals surface area contributed by atoms with Crippen molar-refractivity contribution in [2.45, 2.75) is 0 Å². The lowest BCUT2D eigenvalue weighted by atomic mass is 10.1. The number of amides is 1. The van der Waals surface area contributed by atoms with Crippen molar-refractivity contribution in [3.05, 3.63) is 47.0 Å². The Morgan fingerprint density at radius 2 is 2.07 bits per heavy atom. The summed E-state index contributed by atoms with van der Waals surface area (Å²) in [5.74, 6) is -0.789. The van der Waals surface area contributed by atoms with Crippen LogP contribution in [0.2, 0.25) is 0 Å². The monoisotopic (exact) mass is 186 g/mol. The standard InChI is InChI=1S/C10H6N2O2/c13-10(12-14)8-5-7-3-1-2-4-9(7)11-6-8/h1-6H. The van der Waals surface area contributed by atoms with Crippen LogP contribution >= 0.6 is 0 Å². The van der Waals surface area contributed by atoms with Gasteiger partial charge in [0.25, 0.3) is 0 Å². The lowest BCUT2D eigenvalue weighted by Gasteiger charge is -1.97. The molecule has 0 saturated carbocycles. The third kappa shape index (κ3) is 1.37. The van der Waals surface area contributed by atoms with Crippen molar-refractivity contribution in [2.24, 2.45) is 5.18 Å². The van der Waals surface area contributed by atoms with Gasteiger partial charge in [0, 0.05) is 16.8 Å². The maximum Gasteiger partial charge on any atom is 0.318 e. The van der Waals surface area contributed by atoms with Crippen LogP contribution in [0.4, 0.5) is 0 Å². The van der Waals surface area contributed by atoms with Gasteiger partial charge in [-0.25, -0.2) is 0 Å². The van der Waals surface area contributed by atoms with Gasteiger partial charge in [0.05, 0.1) is 11.1 Å². The quantitative estimate of drug-likeness (QED) is 0.641. The number of nitroso groups, excluding NO2 is 1. The first-order chi connectivity index (χ1) is 6.81. The Kier molecular flexibility index (Phi) is 2.02. The molecule has 0 saturated heterocycles. The molecule has 2 aromatic rings. The van der Waals surface area contributed by atoms with Gasteiger partial charge >= 0.3 is 5.91 Å². The minimum Gasteiger partial charge on any atom is -0.263 e. The van der Waals surface area contributed by atoms with E-state index in [0.29, 0.717) is 0 Å². The molecule has 0 unspecified atom stereocenters. The minimum absolute atomic E-state index is 0.221. The molecule has 0 spiro atoms. The second-order valence-corrected chi connectivity index (χ2v) is 2.81. The molecule has 68 valence electrons. The van der Waals surface area contributed by atoms with Gasteiger partial charge in [-0.1, -0.05) is 18.2 Å². The number of para-hydroxylation sites is 1. The topological polar surface area (TPSA) is 59.4 Å². The maximum atomic E-state index is 10.9. The number of carbonyl (C=O) groups is 1. The van der Waals surface area contributed by atoms with E-state index in [1.54, 1.807) is 6.07 Å². The van der Waals surface area contributed by atoms with E-state index in [0.717, 1.165) is 10.9 Å². The van der Waals surface area contributed by atoms with E-state index < -0.39 is 5.91 Å². The first kappa shape index (κ1) is 8.50. The lowest BCUT2D eigenvalue weighted by molar-refractivity contribution is 0.100. The molecule has 0 bridgehead atoms. The molecule has 1 amide bonds. The van der Waals surface area contributed by atoms with Crippen LogP contribution in [0.5, 0.6) is 0 Å². The van der Waals surface area contributed by atoms with Crippen LogP contribution < -0.4 is 0 Å². The Morgan fingerprint density at radius 1 is 1.29 bits per heavy atom. The molecule has 0 N–H and O–H groups in total. The summed E-state index contributed by atoms with van der Waals surface area (Å²) >= 11 is 0. The zero-order chi connectivity index (χ0) is 9.97. The Bertz CT molecular complexity index is 508. The summed E-state index contributed by atoms with van der Waals surface area (Å²) in [6, 6.07) is 8.95. The van der Waals surface area contributed by atoms with Crippen LogP contribution in [-0.2, 0) is 0 Å². The number of aromatic nitrogens is 1. The van der Waals surface area contributed by atoms with Gasteiger partial charge in [-0.15, -0.1) is 4.91 Å². The Balaban J connectivity index is 2.62. The summed E-state index contributed by atoms with van der Waals surface area (Å²) in [6.07, 6.45) is 1.35. The third-order valence-corrected chi connectivity index (χ3v) is 1.92. The van der Waals surface area contributed by atoms with Gasteiger partial charge < -0.3 is 0 Å². The van der Waals surface area contributed by atoms with Crippen molar-refractivity contribution in [3.8, 4) is 0 Å². The average Bonchev–Trinajstić information content (AvgIpc) is 2.27. The highest BCUT2D eigenvalue weighted by Crippen LogP contribution is 2.12. The summed E-state index contributed by atoms with van der Waals surface area (Å²) in [6.45, 7) is 0. The number of nitrogens with zero attached hydrogens (tertiary/aromatic N) is 2. The van der Waals surface area contributed by atoms with E-state index in [1.165, 1.54) is 6.20 Å². The molecule has 1 aromatic heterocycles. The van der Waals surface area contributed by atoms with E-state index in [9.17, 15) is 9.70 Å². The first-order valence-corrected chi connectivity index (χ1v) is 4.04. The number of benzene rings is 1. The van der Waals surface area contributed by atoms with Crippen LogP contribution in [0, 0.1) is 4.91 Å². The number of pyridine rings is 1. The van der Waals surface area contributed by atoms with Crippen molar-refractivity contribution in [2.75, 3.05) is 0 Å². The molecule has 0 fully saturated rings. The summed E-state index contributed by atoms with van der Waals surface area (Å²) < 4.78 is 0. The van der Waals surface area contributed by atoms with Gasteiger partial charge in [-0.05, 0) is 12.1 Å². The van der Waals surface area contributed by atoms with Crippen LogP contribution in [0.3, 0.4) is 0 Å².